The first kappa shape index (κ1) is 21.6. The van der Waals surface area contributed by atoms with Crippen molar-refractivity contribution < 1.29 is 36.3 Å². The summed E-state index contributed by atoms with van der Waals surface area (Å²) in [6.07, 6.45) is -6.56. The van der Waals surface area contributed by atoms with Crippen LogP contribution >= 0.6 is 11.8 Å². The lowest BCUT2D eigenvalue weighted by molar-refractivity contribution is -0.141. The van der Waals surface area contributed by atoms with Crippen LogP contribution < -0.4 is 0 Å². The van der Waals surface area contributed by atoms with E-state index in [1.165, 1.54) is 0 Å². The van der Waals surface area contributed by atoms with Gasteiger partial charge in [-0.25, -0.2) is 18.6 Å². The standard InChI is InChI=1S/C17H18F5NO3S/c1-3-7-27-16(25)11-9(8-5-4-6-8)10(15(24)26-2)12(14(18)19)23-13(11)17(20,21)22/h8,14H,3-7H2,1-2H3. The molecule has 0 spiro atoms. The normalized spacial score (nSPS) is 15.0. The number of alkyl halides is 5. The van der Waals surface area contributed by atoms with Gasteiger partial charge in [0.25, 0.3) is 6.43 Å². The van der Waals surface area contributed by atoms with Gasteiger partial charge in [-0.2, -0.15) is 13.2 Å². The van der Waals surface area contributed by atoms with Crippen molar-refractivity contribution in [1.82, 2.24) is 4.98 Å². The fraction of sp³-hybridized carbons (Fsp3) is 0.588. The van der Waals surface area contributed by atoms with Crippen molar-refractivity contribution in [2.24, 2.45) is 0 Å². The molecule has 2 rings (SSSR count). The summed E-state index contributed by atoms with van der Waals surface area (Å²) in [5.74, 6) is -1.56. The lowest BCUT2D eigenvalue weighted by atomic mass is 9.75. The number of aromatic nitrogens is 1. The van der Waals surface area contributed by atoms with Crippen LogP contribution in [0.3, 0.4) is 0 Å². The zero-order chi connectivity index (χ0) is 20.4. The van der Waals surface area contributed by atoms with E-state index in [0.29, 0.717) is 37.4 Å². The zero-order valence-corrected chi connectivity index (χ0v) is 15.5. The van der Waals surface area contributed by atoms with Crippen LogP contribution in [0.15, 0.2) is 0 Å². The Labute approximate surface area is 156 Å². The number of carbonyl (C=O) groups excluding carboxylic acids is 2. The molecule has 0 bridgehead atoms. The van der Waals surface area contributed by atoms with Gasteiger partial charge in [-0.05, 0) is 30.7 Å². The number of hydrogen-bond donors (Lipinski definition) is 0. The molecule has 0 atom stereocenters. The van der Waals surface area contributed by atoms with Gasteiger partial charge in [-0.1, -0.05) is 25.1 Å². The number of pyridine rings is 1. The minimum atomic E-state index is -5.12. The van der Waals surface area contributed by atoms with Gasteiger partial charge in [0.15, 0.2) is 5.69 Å². The summed E-state index contributed by atoms with van der Waals surface area (Å²) in [5, 5.41) is -0.926. The Kier molecular flexibility index (Phi) is 6.82. The summed E-state index contributed by atoms with van der Waals surface area (Å²) in [7, 11) is 0.938. The van der Waals surface area contributed by atoms with Gasteiger partial charge in [0.05, 0.1) is 18.2 Å². The van der Waals surface area contributed by atoms with Gasteiger partial charge in [-0.15, -0.1) is 0 Å². The fourth-order valence-corrected chi connectivity index (χ4v) is 3.62. The molecule has 1 saturated carbocycles. The van der Waals surface area contributed by atoms with Crippen molar-refractivity contribution in [3.05, 3.63) is 28.1 Å². The molecule has 1 fully saturated rings. The number of rotatable bonds is 6. The molecule has 0 saturated heterocycles. The predicted octanol–water partition coefficient (Wildman–Crippen LogP) is 5.38. The molecule has 1 aliphatic carbocycles. The first-order valence-electron chi connectivity index (χ1n) is 8.31. The van der Waals surface area contributed by atoms with Crippen LogP contribution in [0.25, 0.3) is 0 Å². The molecular formula is C17H18F5NO3S. The fourth-order valence-electron chi connectivity index (χ4n) is 2.88. The highest BCUT2D eigenvalue weighted by molar-refractivity contribution is 8.14. The Hall–Kier alpha value is -1.71. The molecule has 150 valence electrons. The van der Waals surface area contributed by atoms with E-state index in [-0.39, 0.29) is 11.3 Å². The lowest BCUT2D eigenvalue weighted by Crippen LogP contribution is -2.26. The summed E-state index contributed by atoms with van der Waals surface area (Å²) in [4.78, 5) is 27.8. The van der Waals surface area contributed by atoms with Crippen LogP contribution in [0.2, 0.25) is 0 Å². The summed E-state index contributed by atoms with van der Waals surface area (Å²) in [5.41, 5.74) is -4.78. The number of halogens is 5. The van der Waals surface area contributed by atoms with Crippen molar-refractivity contribution in [2.75, 3.05) is 12.9 Å². The predicted molar refractivity (Wildman–Crippen MR) is 89.2 cm³/mol. The molecule has 27 heavy (non-hydrogen) atoms. The first-order valence-corrected chi connectivity index (χ1v) is 9.30. The molecule has 10 heteroatoms. The summed E-state index contributed by atoms with van der Waals surface area (Å²) in [6.45, 7) is 1.75. The second-order valence-electron chi connectivity index (χ2n) is 6.06. The molecule has 1 aromatic heterocycles. The quantitative estimate of drug-likeness (QED) is 0.465. The molecule has 1 heterocycles. The van der Waals surface area contributed by atoms with E-state index in [1.807, 2.05) is 0 Å². The highest BCUT2D eigenvalue weighted by Crippen LogP contribution is 2.46. The lowest BCUT2D eigenvalue weighted by Gasteiger charge is -2.31. The number of ether oxygens (including phenoxy) is 1. The highest BCUT2D eigenvalue weighted by Gasteiger charge is 2.44. The monoisotopic (exact) mass is 411 g/mol. The van der Waals surface area contributed by atoms with Gasteiger partial charge in [-0.3, -0.25) is 4.79 Å². The molecule has 0 unspecified atom stereocenters. The van der Waals surface area contributed by atoms with E-state index in [2.05, 4.69) is 9.72 Å². The van der Waals surface area contributed by atoms with E-state index in [0.717, 1.165) is 7.11 Å². The molecule has 0 aliphatic heterocycles. The largest absolute Gasteiger partial charge is 0.465 e. The second kappa shape index (κ2) is 8.53. The van der Waals surface area contributed by atoms with Crippen molar-refractivity contribution in [3.8, 4) is 0 Å². The molecule has 0 aromatic carbocycles. The van der Waals surface area contributed by atoms with Gasteiger partial charge in [0.2, 0.25) is 5.12 Å². The molecule has 0 radical (unpaired) electrons. The molecule has 0 amide bonds. The highest BCUT2D eigenvalue weighted by atomic mass is 32.2. The SMILES string of the molecule is CCCSC(=O)c1c(C(F)(F)F)nc(C(F)F)c(C(=O)OC)c1C1CCC1. The van der Waals surface area contributed by atoms with Gasteiger partial charge in [0, 0.05) is 5.75 Å². The topological polar surface area (TPSA) is 56.3 Å². The van der Waals surface area contributed by atoms with Crippen LogP contribution in [0.5, 0.6) is 0 Å². The maximum absolute atomic E-state index is 13.6. The smallest absolute Gasteiger partial charge is 0.434 e. The van der Waals surface area contributed by atoms with E-state index >= 15 is 0 Å². The Balaban J connectivity index is 2.87. The van der Waals surface area contributed by atoms with Gasteiger partial charge >= 0.3 is 12.1 Å². The van der Waals surface area contributed by atoms with Crippen LogP contribution in [0.4, 0.5) is 22.0 Å². The maximum atomic E-state index is 13.6. The minimum absolute atomic E-state index is 0.254. The van der Waals surface area contributed by atoms with E-state index in [4.69, 9.17) is 0 Å². The summed E-state index contributed by atoms with van der Waals surface area (Å²) in [6, 6.07) is 0. The van der Waals surface area contributed by atoms with E-state index in [1.54, 1.807) is 6.92 Å². The zero-order valence-electron chi connectivity index (χ0n) is 14.7. The van der Waals surface area contributed by atoms with Crippen molar-refractivity contribution in [1.29, 1.82) is 0 Å². The molecule has 0 N–H and O–H groups in total. The molecule has 1 aliphatic rings. The van der Waals surface area contributed by atoms with Crippen LogP contribution in [-0.2, 0) is 10.9 Å². The molecule has 1 aromatic rings. The number of thioether (sulfide) groups is 1. The summed E-state index contributed by atoms with van der Waals surface area (Å²) >= 11 is 0.650. The Morgan fingerprint density at radius 2 is 1.89 bits per heavy atom. The minimum Gasteiger partial charge on any atom is -0.465 e. The number of methoxy groups -OCH3 is 1. The average Bonchev–Trinajstić information content (AvgIpc) is 2.55. The number of hydrogen-bond acceptors (Lipinski definition) is 5. The number of esters is 1. The maximum Gasteiger partial charge on any atom is 0.434 e. The van der Waals surface area contributed by atoms with Gasteiger partial charge < -0.3 is 4.74 Å². The number of nitrogens with zero attached hydrogens (tertiary/aromatic N) is 1. The third-order valence-electron chi connectivity index (χ3n) is 4.28. The Morgan fingerprint density at radius 1 is 1.26 bits per heavy atom. The molecular weight excluding hydrogens is 393 g/mol. The van der Waals surface area contributed by atoms with E-state index < -0.39 is 52.1 Å². The third-order valence-corrected chi connectivity index (χ3v) is 5.36. The second-order valence-corrected chi connectivity index (χ2v) is 7.13. The third kappa shape index (κ3) is 4.41. The molecule has 4 nitrogen and oxygen atoms in total. The Morgan fingerprint density at radius 3 is 2.30 bits per heavy atom. The summed E-state index contributed by atoms with van der Waals surface area (Å²) < 4.78 is 72.2. The number of carbonyl (C=O) groups is 2. The first-order chi connectivity index (χ1) is 12.6. The van der Waals surface area contributed by atoms with Crippen LogP contribution in [0, 0.1) is 0 Å². The van der Waals surface area contributed by atoms with Crippen LogP contribution in [0.1, 0.15) is 82.6 Å². The average molecular weight is 411 g/mol. The van der Waals surface area contributed by atoms with Gasteiger partial charge in [0.1, 0.15) is 5.69 Å². The van der Waals surface area contributed by atoms with Crippen molar-refractivity contribution in [3.63, 3.8) is 0 Å². The van der Waals surface area contributed by atoms with Crippen molar-refractivity contribution in [2.45, 2.75) is 51.1 Å². The van der Waals surface area contributed by atoms with Crippen molar-refractivity contribution >= 4 is 22.8 Å². The Bertz CT molecular complexity index is 732. The van der Waals surface area contributed by atoms with E-state index in [9.17, 15) is 31.5 Å². The van der Waals surface area contributed by atoms with Crippen LogP contribution in [-0.4, -0.2) is 28.9 Å².